The first kappa shape index (κ1) is 16.3. The molecule has 118 valence electrons. The first-order chi connectivity index (χ1) is 10.0. The number of benzene rings is 1. The quantitative estimate of drug-likeness (QED) is 0.828. The molecule has 1 aromatic carbocycles. The van der Waals surface area contributed by atoms with E-state index in [0.29, 0.717) is 12.0 Å². The van der Waals surface area contributed by atoms with E-state index in [1.54, 1.807) is 7.11 Å². The van der Waals surface area contributed by atoms with E-state index in [1.165, 1.54) is 24.9 Å². The van der Waals surface area contributed by atoms with Crippen LogP contribution in [0.5, 0.6) is 5.75 Å². The minimum Gasteiger partial charge on any atom is -0.497 e. The summed E-state index contributed by atoms with van der Waals surface area (Å²) < 4.78 is 5.23. The van der Waals surface area contributed by atoms with Gasteiger partial charge in [-0.15, -0.1) is 0 Å². The van der Waals surface area contributed by atoms with E-state index in [1.807, 2.05) is 0 Å². The number of ether oxygens (including phenoxy) is 1. The van der Waals surface area contributed by atoms with E-state index >= 15 is 0 Å². The molecule has 1 heterocycles. The maximum atomic E-state index is 5.23. The van der Waals surface area contributed by atoms with Crippen molar-refractivity contribution in [3.05, 3.63) is 29.8 Å². The van der Waals surface area contributed by atoms with Crippen LogP contribution in [-0.2, 0) is 0 Å². The van der Waals surface area contributed by atoms with Crippen LogP contribution in [0.1, 0.15) is 38.2 Å². The van der Waals surface area contributed by atoms with Crippen LogP contribution in [0.3, 0.4) is 0 Å². The van der Waals surface area contributed by atoms with Gasteiger partial charge in [-0.2, -0.15) is 0 Å². The number of rotatable bonds is 5. The fourth-order valence-corrected chi connectivity index (χ4v) is 3.28. The molecular weight excluding hydrogens is 260 g/mol. The number of piperidine rings is 1. The lowest BCUT2D eigenvalue weighted by Crippen LogP contribution is -2.47. The van der Waals surface area contributed by atoms with Crippen LogP contribution in [0, 0.1) is 0 Å². The van der Waals surface area contributed by atoms with Gasteiger partial charge >= 0.3 is 0 Å². The third kappa shape index (κ3) is 4.21. The molecule has 3 heteroatoms. The zero-order valence-electron chi connectivity index (χ0n) is 14.2. The van der Waals surface area contributed by atoms with Crippen LogP contribution in [-0.4, -0.2) is 56.2 Å². The number of likely N-dealkylation sites (tertiary alicyclic amines) is 1. The van der Waals surface area contributed by atoms with E-state index in [2.05, 4.69) is 62.0 Å². The number of likely N-dealkylation sites (N-methyl/N-ethyl adjacent to an activating group) is 1. The van der Waals surface area contributed by atoms with Crippen molar-refractivity contribution in [2.75, 3.05) is 34.3 Å². The summed E-state index contributed by atoms with van der Waals surface area (Å²) in [7, 11) is 6.23. The molecule has 1 aliphatic heterocycles. The molecule has 21 heavy (non-hydrogen) atoms. The molecule has 2 rings (SSSR count). The SMILES string of the molecule is COc1ccc([C@H](C)CN(C)[C@H]2CCN(C)[C@@H](C)C2)cc1. The Kier molecular flexibility index (Phi) is 5.65. The summed E-state index contributed by atoms with van der Waals surface area (Å²) in [5, 5.41) is 0. The van der Waals surface area contributed by atoms with Gasteiger partial charge in [0, 0.05) is 18.6 Å². The van der Waals surface area contributed by atoms with Crippen LogP contribution in [0.4, 0.5) is 0 Å². The van der Waals surface area contributed by atoms with E-state index in [9.17, 15) is 0 Å². The summed E-state index contributed by atoms with van der Waals surface area (Å²) in [6, 6.07) is 9.91. The first-order valence-corrected chi connectivity index (χ1v) is 8.05. The highest BCUT2D eigenvalue weighted by atomic mass is 16.5. The molecule has 3 nitrogen and oxygen atoms in total. The topological polar surface area (TPSA) is 15.7 Å². The predicted octanol–water partition coefficient (Wildman–Crippen LogP) is 3.21. The first-order valence-electron chi connectivity index (χ1n) is 8.05. The van der Waals surface area contributed by atoms with E-state index < -0.39 is 0 Å². The highest BCUT2D eigenvalue weighted by molar-refractivity contribution is 5.29. The minimum absolute atomic E-state index is 0.552. The lowest BCUT2D eigenvalue weighted by Gasteiger charge is -2.40. The molecular formula is C18H30N2O. The van der Waals surface area contributed by atoms with Gasteiger partial charge in [0.05, 0.1) is 7.11 Å². The molecule has 0 unspecified atom stereocenters. The Labute approximate surface area is 129 Å². The highest BCUT2D eigenvalue weighted by Gasteiger charge is 2.26. The molecule has 3 atom stereocenters. The van der Waals surface area contributed by atoms with Crippen molar-refractivity contribution in [2.24, 2.45) is 0 Å². The summed E-state index contributed by atoms with van der Waals surface area (Å²) in [6.45, 7) is 6.99. The molecule has 1 aliphatic rings. The lowest BCUT2D eigenvalue weighted by molar-refractivity contribution is 0.102. The molecule has 0 aliphatic carbocycles. The summed E-state index contributed by atoms with van der Waals surface area (Å²) in [6.07, 6.45) is 2.56. The predicted molar refractivity (Wildman–Crippen MR) is 89.2 cm³/mol. The second kappa shape index (κ2) is 7.28. The molecule has 0 amide bonds. The Hall–Kier alpha value is -1.06. The number of methoxy groups -OCH3 is 1. The Bertz CT molecular complexity index is 431. The van der Waals surface area contributed by atoms with Crippen LogP contribution < -0.4 is 4.74 Å². The van der Waals surface area contributed by atoms with Crippen LogP contribution >= 0.6 is 0 Å². The van der Waals surface area contributed by atoms with Crippen LogP contribution in [0.15, 0.2) is 24.3 Å². The van der Waals surface area contributed by atoms with E-state index in [-0.39, 0.29) is 0 Å². The standard InChI is InChI=1S/C18H30N2O/c1-14(16-6-8-18(21-5)9-7-16)13-20(4)17-10-11-19(3)15(2)12-17/h6-9,14-15,17H,10-13H2,1-5H3/t14-,15+,17+/m1/s1. The van der Waals surface area contributed by atoms with Gasteiger partial charge in [-0.1, -0.05) is 19.1 Å². The fraction of sp³-hybridized carbons (Fsp3) is 0.667. The third-order valence-corrected chi connectivity index (χ3v) is 5.05. The minimum atomic E-state index is 0.552. The Balaban J connectivity index is 1.90. The fourth-order valence-electron chi connectivity index (χ4n) is 3.28. The van der Waals surface area contributed by atoms with Gasteiger partial charge in [0.2, 0.25) is 0 Å². The molecule has 1 saturated heterocycles. The molecule has 0 saturated carbocycles. The van der Waals surface area contributed by atoms with Gasteiger partial charge in [0.1, 0.15) is 5.75 Å². The highest BCUT2D eigenvalue weighted by Crippen LogP contribution is 2.24. The van der Waals surface area contributed by atoms with Crippen LogP contribution in [0.2, 0.25) is 0 Å². The average Bonchev–Trinajstić information content (AvgIpc) is 2.50. The van der Waals surface area contributed by atoms with E-state index in [0.717, 1.165) is 18.3 Å². The van der Waals surface area contributed by atoms with Crippen molar-refractivity contribution >= 4 is 0 Å². The van der Waals surface area contributed by atoms with Crippen molar-refractivity contribution < 1.29 is 4.74 Å². The monoisotopic (exact) mass is 290 g/mol. The molecule has 1 aromatic rings. The Morgan fingerprint density at radius 1 is 1.33 bits per heavy atom. The number of nitrogens with zero attached hydrogens (tertiary/aromatic N) is 2. The smallest absolute Gasteiger partial charge is 0.118 e. The van der Waals surface area contributed by atoms with E-state index in [4.69, 9.17) is 4.74 Å². The lowest BCUT2D eigenvalue weighted by atomic mass is 9.95. The number of hydrogen-bond acceptors (Lipinski definition) is 3. The van der Waals surface area contributed by atoms with Crippen molar-refractivity contribution in [1.82, 2.24) is 9.80 Å². The summed E-state index contributed by atoms with van der Waals surface area (Å²) >= 11 is 0. The van der Waals surface area contributed by atoms with Gasteiger partial charge in [0.25, 0.3) is 0 Å². The van der Waals surface area contributed by atoms with Crippen molar-refractivity contribution in [2.45, 2.75) is 44.7 Å². The third-order valence-electron chi connectivity index (χ3n) is 5.05. The summed E-state index contributed by atoms with van der Waals surface area (Å²) in [5.41, 5.74) is 1.39. The van der Waals surface area contributed by atoms with Gasteiger partial charge in [-0.05, 0) is 64.0 Å². The van der Waals surface area contributed by atoms with Crippen LogP contribution in [0.25, 0.3) is 0 Å². The summed E-state index contributed by atoms with van der Waals surface area (Å²) in [5.74, 6) is 1.49. The van der Waals surface area contributed by atoms with Crippen molar-refractivity contribution in [3.8, 4) is 5.75 Å². The Morgan fingerprint density at radius 3 is 2.57 bits per heavy atom. The molecule has 0 aromatic heterocycles. The van der Waals surface area contributed by atoms with Crippen molar-refractivity contribution in [3.63, 3.8) is 0 Å². The molecule has 0 N–H and O–H groups in total. The van der Waals surface area contributed by atoms with Gasteiger partial charge < -0.3 is 14.5 Å². The van der Waals surface area contributed by atoms with Gasteiger partial charge in [-0.25, -0.2) is 0 Å². The molecule has 1 fully saturated rings. The molecule has 0 spiro atoms. The maximum absolute atomic E-state index is 5.23. The Morgan fingerprint density at radius 2 is 2.00 bits per heavy atom. The molecule has 0 bridgehead atoms. The number of hydrogen-bond donors (Lipinski definition) is 0. The second-order valence-corrected chi connectivity index (χ2v) is 6.62. The zero-order chi connectivity index (χ0) is 15.4. The second-order valence-electron chi connectivity index (χ2n) is 6.62. The van der Waals surface area contributed by atoms with Crippen molar-refractivity contribution in [1.29, 1.82) is 0 Å². The van der Waals surface area contributed by atoms with Gasteiger partial charge in [0.15, 0.2) is 0 Å². The average molecular weight is 290 g/mol. The summed E-state index contributed by atoms with van der Waals surface area (Å²) in [4.78, 5) is 5.02. The largest absolute Gasteiger partial charge is 0.497 e. The van der Waals surface area contributed by atoms with Gasteiger partial charge in [-0.3, -0.25) is 0 Å². The molecule has 0 radical (unpaired) electrons. The maximum Gasteiger partial charge on any atom is 0.118 e. The normalized spacial score (nSPS) is 25.0. The zero-order valence-corrected chi connectivity index (χ0v) is 14.2.